The maximum Gasteiger partial charge on any atom is 0.434 e. The first-order valence-electron chi connectivity index (χ1n) is 8.41. The van der Waals surface area contributed by atoms with Crippen LogP contribution >= 0.6 is 0 Å². The van der Waals surface area contributed by atoms with Crippen LogP contribution < -0.4 is 14.8 Å². The molecule has 0 unspecified atom stereocenters. The van der Waals surface area contributed by atoms with Gasteiger partial charge in [-0.15, -0.1) is 0 Å². The summed E-state index contributed by atoms with van der Waals surface area (Å²) in [5.74, 6) is -0.489. The quantitative estimate of drug-likeness (QED) is 0.670. The molecule has 2 heterocycles. The van der Waals surface area contributed by atoms with Crippen molar-refractivity contribution in [3.8, 4) is 17.2 Å². The van der Waals surface area contributed by atoms with Crippen molar-refractivity contribution in [1.29, 1.82) is 0 Å². The summed E-state index contributed by atoms with van der Waals surface area (Å²) in [6.45, 7) is 0.0666. The topological polar surface area (TPSA) is 65.4 Å². The van der Waals surface area contributed by atoms with E-state index in [0.717, 1.165) is 30.5 Å². The van der Waals surface area contributed by atoms with Crippen LogP contribution in [0.15, 0.2) is 48.7 Å². The van der Waals surface area contributed by atoms with Gasteiger partial charge in [0.2, 0.25) is 6.79 Å². The molecule has 1 aliphatic rings. The number of carbonyl (C=O) groups excluding carboxylic acids is 1. The van der Waals surface area contributed by atoms with Crippen LogP contribution in [-0.2, 0) is 12.7 Å². The Hall–Kier alpha value is -3.56. The lowest BCUT2D eigenvalue weighted by Crippen LogP contribution is -2.26. The number of carbonyl (C=O) groups is 1. The third-order valence-corrected chi connectivity index (χ3v) is 4.24. The average molecular weight is 407 g/mol. The highest BCUT2D eigenvalue weighted by Gasteiger charge is 2.40. The number of aromatic nitrogens is 2. The van der Waals surface area contributed by atoms with Gasteiger partial charge in [-0.1, -0.05) is 6.07 Å². The van der Waals surface area contributed by atoms with Crippen molar-refractivity contribution in [3.05, 3.63) is 71.3 Å². The molecule has 0 fully saturated rings. The largest absolute Gasteiger partial charge is 0.454 e. The van der Waals surface area contributed by atoms with Crippen LogP contribution in [0.25, 0.3) is 5.69 Å². The van der Waals surface area contributed by atoms with Crippen LogP contribution in [0.4, 0.5) is 17.6 Å². The van der Waals surface area contributed by atoms with E-state index in [1.807, 2.05) is 0 Å². The van der Waals surface area contributed by atoms with Gasteiger partial charge in [0.15, 0.2) is 17.2 Å². The van der Waals surface area contributed by atoms with E-state index >= 15 is 0 Å². The van der Waals surface area contributed by atoms with Gasteiger partial charge in [-0.3, -0.25) is 4.79 Å². The third-order valence-electron chi connectivity index (χ3n) is 4.24. The molecule has 0 spiro atoms. The SMILES string of the molecule is O=C(NCc1ccc2c(c1)OCO2)c1cnn(-c2ccc(F)cc2)c1C(F)(F)F. The second-order valence-electron chi connectivity index (χ2n) is 6.16. The van der Waals surface area contributed by atoms with E-state index in [1.165, 1.54) is 0 Å². The predicted molar refractivity (Wildman–Crippen MR) is 92.3 cm³/mol. The molecule has 1 amide bonds. The minimum Gasteiger partial charge on any atom is -0.454 e. The Bertz CT molecular complexity index is 1060. The van der Waals surface area contributed by atoms with E-state index < -0.39 is 29.2 Å². The zero-order chi connectivity index (χ0) is 20.6. The molecule has 1 aromatic heterocycles. The lowest BCUT2D eigenvalue weighted by molar-refractivity contribution is -0.143. The molecule has 10 heteroatoms. The van der Waals surface area contributed by atoms with Crippen LogP contribution in [0.1, 0.15) is 21.6 Å². The molecule has 150 valence electrons. The molecule has 0 radical (unpaired) electrons. The molecule has 29 heavy (non-hydrogen) atoms. The van der Waals surface area contributed by atoms with E-state index in [-0.39, 0.29) is 19.0 Å². The summed E-state index contributed by atoms with van der Waals surface area (Å²) in [6, 6.07) is 9.26. The molecule has 2 aromatic carbocycles. The standard InChI is InChI=1S/C19H13F4N3O3/c20-12-2-4-13(5-3-12)26-17(19(21,22)23)14(9-25-26)18(27)24-8-11-1-6-15-16(7-11)29-10-28-15/h1-7,9H,8,10H2,(H,24,27). The molecule has 1 N–H and O–H groups in total. The summed E-state index contributed by atoms with van der Waals surface area (Å²) in [5, 5.41) is 6.13. The van der Waals surface area contributed by atoms with Crippen molar-refractivity contribution in [3.63, 3.8) is 0 Å². The Morgan fingerprint density at radius 3 is 2.55 bits per heavy atom. The number of fused-ring (bicyclic) bond motifs is 1. The fraction of sp³-hybridized carbons (Fsp3) is 0.158. The molecule has 1 aliphatic heterocycles. The number of hydrogen-bond acceptors (Lipinski definition) is 4. The minimum atomic E-state index is -4.85. The van der Waals surface area contributed by atoms with Crippen LogP contribution in [0, 0.1) is 5.82 Å². The molecule has 4 rings (SSSR count). The van der Waals surface area contributed by atoms with Crippen molar-refractivity contribution in [1.82, 2.24) is 15.1 Å². The summed E-state index contributed by atoms with van der Waals surface area (Å²) < 4.78 is 65.0. The molecule has 6 nitrogen and oxygen atoms in total. The monoisotopic (exact) mass is 407 g/mol. The van der Waals surface area contributed by atoms with Gasteiger partial charge in [0.25, 0.3) is 5.91 Å². The minimum absolute atomic E-state index is 0.0193. The van der Waals surface area contributed by atoms with Gasteiger partial charge < -0.3 is 14.8 Å². The number of nitrogens with one attached hydrogen (secondary N) is 1. The number of nitrogens with zero attached hydrogens (tertiary/aromatic N) is 2. The van der Waals surface area contributed by atoms with Crippen molar-refractivity contribution < 1.29 is 31.8 Å². The molecular formula is C19H13F4N3O3. The zero-order valence-corrected chi connectivity index (χ0v) is 14.7. The van der Waals surface area contributed by atoms with Crippen LogP contribution in [-0.4, -0.2) is 22.5 Å². The Kier molecular flexibility index (Phi) is 4.61. The maximum absolute atomic E-state index is 13.6. The fourth-order valence-corrected chi connectivity index (χ4v) is 2.89. The Morgan fingerprint density at radius 2 is 1.83 bits per heavy atom. The van der Waals surface area contributed by atoms with Gasteiger partial charge in [-0.2, -0.15) is 18.3 Å². The first-order valence-corrected chi connectivity index (χ1v) is 8.41. The van der Waals surface area contributed by atoms with E-state index in [4.69, 9.17) is 9.47 Å². The summed E-state index contributed by atoms with van der Waals surface area (Å²) in [5.41, 5.74) is -1.27. The summed E-state index contributed by atoms with van der Waals surface area (Å²) in [7, 11) is 0. The number of ether oxygens (including phenoxy) is 2. The first kappa shape index (κ1) is 18.8. The van der Waals surface area contributed by atoms with Crippen LogP contribution in [0.2, 0.25) is 0 Å². The number of rotatable bonds is 4. The summed E-state index contributed by atoms with van der Waals surface area (Å²) in [4.78, 5) is 12.4. The molecule has 3 aromatic rings. The Morgan fingerprint density at radius 1 is 1.10 bits per heavy atom. The van der Waals surface area contributed by atoms with Crippen molar-refractivity contribution >= 4 is 5.91 Å². The summed E-state index contributed by atoms with van der Waals surface area (Å²) in [6.07, 6.45) is -4.02. The highest BCUT2D eigenvalue weighted by Crippen LogP contribution is 2.34. The molecule has 0 saturated heterocycles. The van der Waals surface area contributed by atoms with Gasteiger partial charge in [0, 0.05) is 6.54 Å². The van der Waals surface area contributed by atoms with E-state index in [0.29, 0.717) is 21.7 Å². The number of amides is 1. The van der Waals surface area contributed by atoms with Crippen LogP contribution in [0.5, 0.6) is 11.5 Å². The number of hydrogen-bond donors (Lipinski definition) is 1. The van der Waals surface area contributed by atoms with Crippen LogP contribution in [0.3, 0.4) is 0 Å². The molecule has 0 atom stereocenters. The smallest absolute Gasteiger partial charge is 0.434 e. The van der Waals surface area contributed by atoms with Crippen molar-refractivity contribution in [2.75, 3.05) is 6.79 Å². The highest BCUT2D eigenvalue weighted by atomic mass is 19.4. The molecular weight excluding hydrogens is 394 g/mol. The molecule has 0 saturated carbocycles. The van der Waals surface area contributed by atoms with Crippen molar-refractivity contribution in [2.45, 2.75) is 12.7 Å². The van der Waals surface area contributed by atoms with Gasteiger partial charge in [0.05, 0.1) is 17.4 Å². The zero-order valence-electron chi connectivity index (χ0n) is 14.7. The Labute approximate surface area is 161 Å². The fourth-order valence-electron chi connectivity index (χ4n) is 2.89. The predicted octanol–water partition coefficient (Wildman–Crippen LogP) is 3.69. The van der Waals surface area contributed by atoms with Crippen molar-refractivity contribution in [2.24, 2.45) is 0 Å². The highest BCUT2D eigenvalue weighted by molar-refractivity contribution is 5.95. The average Bonchev–Trinajstić information content (AvgIpc) is 3.33. The maximum atomic E-state index is 13.6. The van der Waals surface area contributed by atoms with Gasteiger partial charge in [-0.05, 0) is 42.0 Å². The van der Waals surface area contributed by atoms with Gasteiger partial charge >= 0.3 is 6.18 Å². The molecule has 0 bridgehead atoms. The third kappa shape index (κ3) is 3.73. The van der Waals surface area contributed by atoms with E-state index in [1.54, 1.807) is 18.2 Å². The Balaban J connectivity index is 1.59. The lowest BCUT2D eigenvalue weighted by Gasteiger charge is -2.13. The molecule has 0 aliphatic carbocycles. The van der Waals surface area contributed by atoms with E-state index in [9.17, 15) is 22.4 Å². The van der Waals surface area contributed by atoms with Gasteiger partial charge in [-0.25, -0.2) is 9.07 Å². The number of halogens is 4. The number of alkyl halides is 3. The summed E-state index contributed by atoms with van der Waals surface area (Å²) >= 11 is 0. The lowest BCUT2D eigenvalue weighted by atomic mass is 10.1. The van der Waals surface area contributed by atoms with E-state index in [2.05, 4.69) is 10.4 Å². The second kappa shape index (κ2) is 7.12. The van der Waals surface area contributed by atoms with Gasteiger partial charge in [0.1, 0.15) is 5.82 Å². The second-order valence-corrected chi connectivity index (χ2v) is 6.16. The first-order chi connectivity index (χ1) is 13.8. The normalized spacial score (nSPS) is 12.8. The number of benzene rings is 2.